The molecule has 2 rings (SSSR count). The minimum absolute atomic E-state index is 0.0463. The summed E-state index contributed by atoms with van der Waals surface area (Å²) >= 11 is 19.3. The van der Waals surface area contributed by atoms with Crippen LogP contribution in [0.3, 0.4) is 0 Å². The summed E-state index contributed by atoms with van der Waals surface area (Å²) in [6, 6.07) is 0. The number of aliphatic hydroxyl groups is 1. The lowest BCUT2D eigenvalue weighted by molar-refractivity contribution is -0.136. The smallest absolute Gasteiger partial charge is 0.339 e. The van der Waals surface area contributed by atoms with Gasteiger partial charge in [0, 0.05) is 0 Å². The van der Waals surface area contributed by atoms with Crippen LogP contribution >= 0.6 is 50.5 Å². The summed E-state index contributed by atoms with van der Waals surface area (Å²) < 4.78 is 18.5. The minimum Gasteiger partial charge on any atom is -0.508 e. The van der Waals surface area contributed by atoms with E-state index >= 15 is 0 Å². The molecule has 0 bridgehead atoms. The molecular weight excluding hydrogens is 389 g/mol. The molecule has 0 aromatic carbocycles. The van der Waals surface area contributed by atoms with E-state index in [2.05, 4.69) is 43.2 Å². The zero-order valence-electron chi connectivity index (χ0n) is 10.9. The third-order valence-corrected chi connectivity index (χ3v) is 2.51. The normalized spacial score (nSPS) is 17.6. The van der Waals surface area contributed by atoms with Gasteiger partial charge < -0.3 is 14.6 Å². The first-order chi connectivity index (χ1) is 9.43. The van der Waals surface area contributed by atoms with Crippen molar-refractivity contribution in [2.24, 2.45) is 0 Å². The Balaban J connectivity index is 0.000000296. The minimum atomic E-state index is -3.22. The van der Waals surface area contributed by atoms with Gasteiger partial charge in [-0.3, -0.25) is 4.57 Å². The lowest BCUT2D eigenvalue weighted by Gasteiger charge is -1.85. The van der Waals surface area contributed by atoms with Crippen LogP contribution in [0.1, 0.15) is 13.8 Å². The molecular formula is C10H11Cl4O6P. The SMILES string of the molecule is CC1=C(Cl)COC1=O.CC1=C(O)COC1=O.O=P(Cl)(Cl)Cl. The van der Waals surface area contributed by atoms with E-state index in [0.29, 0.717) is 16.2 Å². The molecule has 2 aliphatic rings. The van der Waals surface area contributed by atoms with E-state index in [1.165, 1.54) is 6.92 Å². The van der Waals surface area contributed by atoms with Crippen molar-refractivity contribution in [1.82, 2.24) is 0 Å². The Bertz CT molecular complexity index is 489. The van der Waals surface area contributed by atoms with Gasteiger partial charge in [-0.2, -0.15) is 0 Å². The molecule has 2 aliphatic heterocycles. The van der Waals surface area contributed by atoms with Crippen LogP contribution < -0.4 is 0 Å². The van der Waals surface area contributed by atoms with E-state index in [0.717, 1.165) is 0 Å². The van der Waals surface area contributed by atoms with Gasteiger partial charge in [0.2, 0.25) is 0 Å². The van der Waals surface area contributed by atoms with Crippen LogP contribution in [0.25, 0.3) is 0 Å². The van der Waals surface area contributed by atoms with Gasteiger partial charge in [0.15, 0.2) is 0 Å². The molecule has 0 amide bonds. The van der Waals surface area contributed by atoms with E-state index < -0.39 is 11.2 Å². The highest BCUT2D eigenvalue weighted by atomic mass is 36.0. The Kier molecular flexibility index (Phi) is 8.74. The standard InChI is InChI=1S/C5H5ClO2.C5H6O3.Cl3OP/c2*1-3-4(6)2-8-5(3)7;1-5(2,3)4/h2H2,1H3;6H,2H2,1H3;. The molecule has 6 nitrogen and oxygen atoms in total. The largest absolute Gasteiger partial charge is 0.508 e. The summed E-state index contributed by atoms with van der Waals surface area (Å²) in [5, 5.41) is 6.00. The van der Waals surface area contributed by atoms with E-state index in [9.17, 15) is 14.2 Å². The number of carbonyl (C=O) groups is 2. The molecule has 21 heavy (non-hydrogen) atoms. The zero-order chi connectivity index (χ0) is 16.8. The second kappa shape index (κ2) is 8.91. The summed E-state index contributed by atoms with van der Waals surface area (Å²) in [4.78, 5) is 20.8. The third-order valence-electron chi connectivity index (χ3n) is 2.12. The number of cyclic esters (lactones) is 2. The van der Waals surface area contributed by atoms with Gasteiger partial charge in [-0.25, -0.2) is 9.59 Å². The van der Waals surface area contributed by atoms with E-state index in [1.54, 1.807) is 6.92 Å². The average Bonchev–Trinajstić information content (AvgIpc) is 2.79. The van der Waals surface area contributed by atoms with E-state index in [1.807, 2.05) is 0 Å². The molecule has 0 radical (unpaired) electrons. The molecule has 0 aliphatic carbocycles. The predicted octanol–water partition coefficient (Wildman–Crippen LogP) is 4.24. The molecule has 1 N–H and O–H groups in total. The number of hydrogen-bond acceptors (Lipinski definition) is 6. The fraction of sp³-hybridized carbons (Fsp3) is 0.400. The fourth-order valence-corrected chi connectivity index (χ4v) is 1.06. The van der Waals surface area contributed by atoms with Crippen LogP contribution in [0.5, 0.6) is 0 Å². The molecule has 2 heterocycles. The van der Waals surface area contributed by atoms with Gasteiger partial charge in [-0.05, 0) is 47.6 Å². The second-order valence-corrected chi connectivity index (χ2v) is 10.7. The van der Waals surface area contributed by atoms with Crippen molar-refractivity contribution in [1.29, 1.82) is 0 Å². The molecule has 0 spiro atoms. The molecule has 0 atom stereocenters. The van der Waals surface area contributed by atoms with Gasteiger partial charge in [-0.15, -0.1) is 0 Å². The molecule has 0 saturated carbocycles. The van der Waals surface area contributed by atoms with Crippen LogP contribution in [-0.4, -0.2) is 30.3 Å². The van der Waals surface area contributed by atoms with Crippen LogP contribution in [0.2, 0.25) is 0 Å². The second-order valence-electron chi connectivity index (χ2n) is 3.65. The van der Waals surface area contributed by atoms with Crippen molar-refractivity contribution in [2.75, 3.05) is 13.2 Å². The molecule has 0 unspecified atom stereocenters. The quantitative estimate of drug-likeness (QED) is 0.484. The number of aliphatic hydroxyl groups excluding tert-OH is 1. The first-order valence-corrected chi connectivity index (χ1v) is 10.0. The first-order valence-electron chi connectivity index (χ1n) is 5.20. The van der Waals surface area contributed by atoms with E-state index in [4.69, 9.17) is 16.7 Å². The maximum atomic E-state index is 10.4. The van der Waals surface area contributed by atoms with Crippen molar-refractivity contribution in [3.05, 3.63) is 21.9 Å². The van der Waals surface area contributed by atoms with Crippen LogP contribution in [0, 0.1) is 0 Å². The van der Waals surface area contributed by atoms with Gasteiger partial charge in [0.1, 0.15) is 19.0 Å². The molecule has 0 saturated heterocycles. The lowest BCUT2D eigenvalue weighted by atomic mass is 10.3. The van der Waals surface area contributed by atoms with Gasteiger partial charge in [-0.1, -0.05) is 11.6 Å². The van der Waals surface area contributed by atoms with Crippen molar-refractivity contribution in [3.8, 4) is 0 Å². The summed E-state index contributed by atoms with van der Waals surface area (Å²) in [6.07, 6.45) is 0. The number of carbonyl (C=O) groups excluding carboxylic acids is 2. The lowest BCUT2D eigenvalue weighted by Crippen LogP contribution is -1.94. The highest BCUT2D eigenvalue weighted by Gasteiger charge is 2.19. The monoisotopic (exact) mass is 398 g/mol. The Morgan fingerprint density at radius 2 is 1.38 bits per heavy atom. The Morgan fingerprint density at radius 3 is 1.48 bits per heavy atom. The Hall–Kier alpha value is -0.390. The summed E-state index contributed by atoms with van der Waals surface area (Å²) in [5.41, 5.74) is 0.858. The summed E-state index contributed by atoms with van der Waals surface area (Å²) in [7, 11) is 0. The molecule has 11 heteroatoms. The number of ether oxygens (including phenoxy) is 2. The summed E-state index contributed by atoms with van der Waals surface area (Å²) in [6.45, 7) is 3.49. The number of halogens is 4. The van der Waals surface area contributed by atoms with Crippen molar-refractivity contribution in [3.63, 3.8) is 0 Å². The van der Waals surface area contributed by atoms with Crippen LogP contribution in [-0.2, 0) is 23.6 Å². The topological polar surface area (TPSA) is 89.9 Å². The molecule has 120 valence electrons. The van der Waals surface area contributed by atoms with Crippen molar-refractivity contribution < 1.29 is 28.7 Å². The average molecular weight is 400 g/mol. The molecule has 0 fully saturated rings. The number of rotatable bonds is 0. The van der Waals surface area contributed by atoms with E-state index in [-0.39, 0.29) is 24.9 Å². The Morgan fingerprint density at radius 1 is 1.00 bits per heavy atom. The highest BCUT2D eigenvalue weighted by Crippen LogP contribution is 2.61. The highest BCUT2D eigenvalue weighted by molar-refractivity contribution is 8.24. The van der Waals surface area contributed by atoms with Crippen LogP contribution in [0.4, 0.5) is 0 Å². The molecule has 0 aromatic rings. The van der Waals surface area contributed by atoms with Crippen molar-refractivity contribution in [2.45, 2.75) is 13.8 Å². The van der Waals surface area contributed by atoms with Gasteiger partial charge in [0.05, 0.1) is 16.2 Å². The molecule has 0 aromatic heterocycles. The predicted molar refractivity (Wildman–Crippen MR) is 81.0 cm³/mol. The van der Waals surface area contributed by atoms with Gasteiger partial charge >= 0.3 is 17.1 Å². The Labute approximate surface area is 140 Å². The summed E-state index contributed by atoms with van der Waals surface area (Å²) in [5.74, 6) is -0.660. The third kappa shape index (κ3) is 9.27. The van der Waals surface area contributed by atoms with Crippen LogP contribution in [0.15, 0.2) is 21.9 Å². The number of esters is 2. The maximum Gasteiger partial charge on any atom is 0.339 e. The maximum absolute atomic E-state index is 10.4. The fourth-order valence-electron chi connectivity index (χ4n) is 0.924. The number of hydrogen-bond donors (Lipinski definition) is 1. The zero-order valence-corrected chi connectivity index (χ0v) is 14.8. The first kappa shape index (κ1) is 20.6. The van der Waals surface area contributed by atoms with Gasteiger partial charge in [0.25, 0.3) is 0 Å². The van der Waals surface area contributed by atoms with Crippen molar-refractivity contribution >= 4 is 62.5 Å².